The van der Waals surface area contributed by atoms with Gasteiger partial charge in [0.15, 0.2) is 6.10 Å². The Kier molecular flexibility index (Phi) is 4.18. The number of carbonyl (C=O) groups excluding carboxylic acids is 1. The third-order valence-electron chi connectivity index (χ3n) is 4.20. The number of aryl methyl sites for hydroxylation is 3. The molecule has 1 aliphatic rings. The predicted molar refractivity (Wildman–Crippen MR) is 84.9 cm³/mol. The molecule has 5 heteroatoms. The van der Waals surface area contributed by atoms with Crippen molar-refractivity contribution < 1.29 is 14.3 Å². The molecule has 0 aliphatic carbocycles. The highest BCUT2D eigenvalue weighted by Gasteiger charge is 2.22. The Balaban J connectivity index is 1.78. The Labute approximate surface area is 130 Å². The van der Waals surface area contributed by atoms with Gasteiger partial charge in [-0.3, -0.25) is 4.79 Å². The zero-order valence-corrected chi connectivity index (χ0v) is 13.3. The Morgan fingerprint density at radius 3 is 2.86 bits per heavy atom. The number of nitrogens with one attached hydrogen (secondary N) is 2. The quantitative estimate of drug-likeness (QED) is 0.913. The second kappa shape index (κ2) is 6.10. The lowest BCUT2D eigenvalue weighted by atomic mass is 10.0. The van der Waals surface area contributed by atoms with Gasteiger partial charge in [-0.25, -0.2) is 0 Å². The van der Waals surface area contributed by atoms with Gasteiger partial charge in [0, 0.05) is 17.6 Å². The molecule has 22 heavy (non-hydrogen) atoms. The summed E-state index contributed by atoms with van der Waals surface area (Å²) in [5, 5.41) is 4.17. The highest BCUT2D eigenvalue weighted by molar-refractivity contribution is 5.88. The van der Waals surface area contributed by atoms with Gasteiger partial charge in [-0.05, 0) is 38.0 Å². The van der Waals surface area contributed by atoms with Gasteiger partial charge in [0.25, 0.3) is 5.91 Å². The van der Waals surface area contributed by atoms with Crippen molar-refractivity contribution in [3.63, 3.8) is 0 Å². The number of H-pyrrole nitrogens is 1. The van der Waals surface area contributed by atoms with Crippen LogP contribution < -0.4 is 5.32 Å². The zero-order chi connectivity index (χ0) is 15.7. The molecular weight excluding hydrogens is 280 g/mol. The average Bonchev–Trinajstić information content (AvgIpc) is 2.81. The molecule has 118 valence electrons. The molecular formula is C17H22N2O3. The summed E-state index contributed by atoms with van der Waals surface area (Å²) in [6.45, 7) is 8.10. The lowest BCUT2D eigenvalue weighted by Gasteiger charge is -2.22. The zero-order valence-electron chi connectivity index (χ0n) is 13.3. The smallest absolute Gasteiger partial charge is 0.251 e. The molecule has 1 aromatic heterocycles. The predicted octanol–water partition coefficient (Wildman–Crippen LogP) is 2.12. The van der Waals surface area contributed by atoms with Gasteiger partial charge in [-0.1, -0.05) is 11.6 Å². The SMILES string of the molecule is Cc1cc(CNC(=O)[C@H]2COCCO2)c2[nH]c(C)c(C)c2c1. The summed E-state index contributed by atoms with van der Waals surface area (Å²) < 4.78 is 10.7. The van der Waals surface area contributed by atoms with E-state index in [4.69, 9.17) is 9.47 Å². The molecule has 1 saturated heterocycles. The molecule has 0 spiro atoms. The first-order valence-corrected chi connectivity index (χ1v) is 7.61. The van der Waals surface area contributed by atoms with Crippen molar-refractivity contribution >= 4 is 16.8 Å². The third-order valence-corrected chi connectivity index (χ3v) is 4.20. The maximum absolute atomic E-state index is 12.1. The fraction of sp³-hybridized carbons (Fsp3) is 0.471. The molecule has 0 saturated carbocycles. The van der Waals surface area contributed by atoms with Crippen LogP contribution in [0, 0.1) is 20.8 Å². The molecule has 1 aliphatic heterocycles. The summed E-state index contributed by atoms with van der Waals surface area (Å²) in [5.41, 5.74) is 5.81. The van der Waals surface area contributed by atoms with Gasteiger partial charge >= 0.3 is 0 Å². The van der Waals surface area contributed by atoms with E-state index in [2.05, 4.69) is 43.2 Å². The maximum Gasteiger partial charge on any atom is 0.251 e. The van der Waals surface area contributed by atoms with Gasteiger partial charge in [-0.15, -0.1) is 0 Å². The van der Waals surface area contributed by atoms with Gasteiger partial charge in [0.1, 0.15) is 0 Å². The van der Waals surface area contributed by atoms with Crippen molar-refractivity contribution in [3.8, 4) is 0 Å². The van der Waals surface area contributed by atoms with Gasteiger partial charge in [-0.2, -0.15) is 0 Å². The molecule has 0 radical (unpaired) electrons. The van der Waals surface area contributed by atoms with Crippen LogP contribution in [0.15, 0.2) is 12.1 Å². The van der Waals surface area contributed by atoms with Gasteiger partial charge < -0.3 is 19.8 Å². The van der Waals surface area contributed by atoms with E-state index in [-0.39, 0.29) is 5.91 Å². The number of hydrogen-bond acceptors (Lipinski definition) is 3. The fourth-order valence-electron chi connectivity index (χ4n) is 2.86. The lowest BCUT2D eigenvalue weighted by Crippen LogP contribution is -2.42. The fourth-order valence-corrected chi connectivity index (χ4v) is 2.86. The van der Waals surface area contributed by atoms with Crippen molar-refractivity contribution in [2.24, 2.45) is 0 Å². The van der Waals surface area contributed by atoms with E-state index in [1.807, 2.05) is 0 Å². The van der Waals surface area contributed by atoms with Crippen molar-refractivity contribution in [3.05, 3.63) is 34.5 Å². The standard InChI is InChI=1S/C17H22N2O3/c1-10-6-13(16-14(7-10)11(2)12(3)19-16)8-18-17(20)15-9-21-4-5-22-15/h6-7,15,19H,4-5,8-9H2,1-3H3,(H,18,20)/t15-/m1/s1. The molecule has 2 aromatic rings. The molecule has 2 heterocycles. The van der Waals surface area contributed by atoms with Crippen molar-refractivity contribution in [1.29, 1.82) is 0 Å². The van der Waals surface area contributed by atoms with E-state index in [0.717, 1.165) is 16.8 Å². The maximum atomic E-state index is 12.1. The van der Waals surface area contributed by atoms with E-state index in [1.165, 1.54) is 16.5 Å². The summed E-state index contributed by atoms with van der Waals surface area (Å²) in [6, 6.07) is 4.29. The molecule has 3 rings (SSSR count). The second-order valence-corrected chi connectivity index (χ2v) is 5.87. The Morgan fingerprint density at radius 2 is 2.14 bits per heavy atom. The van der Waals surface area contributed by atoms with Crippen LogP contribution in [0.1, 0.15) is 22.4 Å². The van der Waals surface area contributed by atoms with E-state index < -0.39 is 6.10 Å². The Hall–Kier alpha value is -1.85. The molecule has 1 atom stereocenters. The Morgan fingerprint density at radius 1 is 1.32 bits per heavy atom. The van der Waals surface area contributed by atoms with Gasteiger partial charge in [0.05, 0.1) is 25.3 Å². The molecule has 1 fully saturated rings. The lowest BCUT2D eigenvalue weighted by molar-refractivity contribution is -0.147. The third kappa shape index (κ3) is 2.87. The van der Waals surface area contributed by atoms with E-state index in [9.17, 15) is 4.79 Å². The second-order valence-electron chi connectivity index (χ2n) is 5.87. The minimum absolute atomic E-state index is 0.116. The monoisotopic (exact) mass is 302 g/mol. The van der Waals surface area contributed by atoms with Crippen molar-refractivity contribution in [2.75, 3.05) is 19.8 Å². The number of benzene rings is 1. The molecule has 1 aromatic carbocycles. The number of ether oxygens (including phenoxy) is 2. The number of fused-ring (bicyclic) bond motifs is 1. The number of aromatic nitrogens is 1. The first kappa shape index (κ1) is 15.1. The number of carbonyl (C=O) groups is 1. The summed E-state index contributed by atoms with van der Waals surface area (Å²) in [6.07, 6.45) is -0.499. The minimum atomic E-state index is -0.499. The topological polar surface area (TPSA) is 63.4 Å². The molecule has 5 nitrogen and oxygen atoms in total. The van der Waals surface area contributed by atoms with E-state index >= 15 is 0 Å². The van der Waals surface area contributed by atoms with Crippen LogP contribution >= 0.6 is 0 Å². The minimum Gasteiger partial charge on any atom is -0.376 e. The van der Waals surface area contributed by atoms with Crippen molar-refractivity contribution in [1.82, 2.24) is 10.3 Å². The van der Waals surface area contributed by atoms with Crippen LogP contribution in [0.25, 0.3) is 10.9 Å². The Bertz CT molecular complexity index is 699. The summed E-state index contributed by atoms with van der Waals surface area (Å²) >= 11 is 0. The molecule has 2 N–H and O–H groups in total. The van der Waals surface area contributed by atoms with Crippen LogP contribution in [-0.4, -0.2) is 36.8 Å². The number of aromatic amines is 1. The summed E-state index contributed by atoms with van der Waals surface area (Å²) in [5.74, 6) is -0.116. The van der Waals surface area contributed by atoms with Crippen LogP contribution in [0.4, 0.5) is 0 Å². The van der Waals surface area contributed by atoms with Crippen LogP contribution in [0.2, 0.25) is 0 Å². The number of hydrogen-bond donors (Lipinski definition) is 2. The average molecular weight is 302 g/mol. The largest absolute Gasteiger partial charge is 0.376 e. The highest BCUT2D eigenvalue weighted by atomic mass is 16.6. The van der Waals surface area contributed by atoms with Crippen LogP contribution in [0.5, 0.6) is 0 Å². The normalized spacial score (nSPS) is 18.6. The summed E-state index contributed by atoms with van der Waals surface area (Å²) in [7, 11) is 0. The number of rotatable bonds is 3. The van der Waals surface area contributed by atoms with E-state index in [0.29, 0.717) is 26.4 Å². The first-order valence-electron chi connectivity index (χ1n) is 7.61. The van der Waals surface area contributed by atoms with E-state index in [1.54, 1.807) is 0 Å². The van der Waals surface area contributed by atoms with Crippen LogP contribution in [0.3, 0.4) is 0 Å². The molecule has 0 unspecified atom stereocenters. The molecule has 1 amide bonds. The highest BCUT2D eigenvalue weighted by Crippen LogP contribution is 2.26. The molecule has 0 bridgehead atoms. The van der Waals surface area contributed by atoms with Gasteiger partial charge in [0.2, 0.25) is 0 Å². The summed E-state index contributed by atoms with van der Waals surface area (Å²) in [4.78, 5) is 15.6. The first-order chi connectivity index (χ1) is 10.6. The van der Waals surface area contributed by atoms with Crippen LogP contribution in [-0.2, 0) is 20.8 Å². The van der Waals surface area contributed by atoms with Crippen molar-refractivity contribution in [2.45, 2.75) is 33.4 Å². The number of amides is 1.